The van der Waals surface area contributed by atoms with Crippen LogP contribution in [0.3, 0.4) is 0 Å². The van der Waals surface area contributed by atoms with E-state index in [4.69, 9.17) is 9.16 Å². The van der Waals surface area contributed by atoms with Crippen molar-refractivity contribution in [1.82, 2.24) is 0 Å². The molecule has 0 unspecified atom stereocenters. The van der Waals surface area contributed by atoms with Crippen LogP contribution >= 0.6 is 0 Å². The maximum absolute atomic E-state index is 12.6. The van der Waals surface area contributed by atoms with E-state index in [0.717, 1.165) is 25.7 Å². The van der Waals surface area contributed by atoms with Gasteiger partial charge in [0.2, 0.25) is 0 Å². The fourth-order valence-corrected chi connectivity index (χ4v) is 9.46. The number of benzene rings is 2. The average Bonchev–Trinajstić information content (AvgIpc) is 2.72. The quantitative estimate of drug-likeness (QED) is 0.479. The highest BCUT2D eigenvalue weighted by atomic mass is 28.4. The fourth-order valence-electron chi connectivity index (χ4n) is 4.74. The van der Waals surface area contributed by atoms with Gasteiger partial charge in [-0.05, 0) is 48.5 Å². The van der Waals surface area contributed by atoms with Crippen molar-refractivity contribution >= 4 is 24.7 Å². The molecule has 0 radical (unpaired) electrons. The van der Waals surface area contributed by atoms with Crippen molar-refractivity contribution in [1.29, 1.82) is 0 Å². The molecule has 30 heavy (non-hydrogen) atoms. The second-order valence-corrected chi connectivity index (χ2v) is 14.0. The molecule has 0 bridgehead atoms. The first-order chi connectivity index (χ1) is 14.2. The zero-order valence-corrected chi connectivity index (χ0v) is 20.1. The normalized spacial score (nSPS) is 20.2. The third-order valence-electron chi connectivity index (χ3n) is 6.07. The van der Waals surface area contributed by atoms with Crippen LogP contribution in [-0.4, -0.2) is 26.5 Å². The van der Waals surface area contributed by atoms with E-state index in [-0.39, 0.29) is 29.1 Å². The topological polar surface area (TPSA) is 35.5 Å². The Bertz CT molecular complexity index is 772. The molecular weight excluding hydrogens is 388 g/mol. The SMILES string of the molecule is CC(C)OC(=O)[C@H]1CCC[C@@H](O[Si](c2ccccc2)(c2ccccc2)C(C)(C)C)C1. The Morgan fingerprint density at radius 1 is 0.933 bits per heavy atom. The summed E-state index contributed by atoms with van der Waals surface area (Å²) in [7, 11) is -2.59. The van der Waals surface area contributed by atoms with Crippen LogP contribution in [0, 0.1) is 5.92 Å². The molecule has 2 aromatic carbocycles. The molecule has 0 heterocycles. The van der Waals surface area contributed by atoms with Crippen LogP contribution in [0.1, 0.15) is 60.3 Å². The molecule has 1 aliphatic rings. The summed E-state index contributed by atoms with van der Waals surface area (Å²) < 4.78 is 12.8. The summed E-state index contributed by atoms with van der Waals surface area (Å²) in [4.78, 5) is 12.6. The predicted octanol–water partition coefficient (Wildman–Crippen LogP) is 5.07. The molecule has 3 nitrogen and oxygen atoms in total. The smallest absolute Gasteiger partial charge is 0.309 e. The lowest BCUT2D eigenvalue weighted by Gasteiger charge is -2.46. The van der Waals surface area contributed by atoms with E-state index in [2.05, 4.69) is 81.4 Å². The van der Waals surface area contributed by atoms with E-state index >= 15 is 0 Å². The lowest BCUT2D eigenvalue weighted by molar-refractivity contribution is -0.154. The Hall–Kier alpha value is -1.91. The number of carbonyl (C=O) groups is 1. The molecule has 0 amide bonds. The van der Waals surface area contributed by atoms with Crippen LogP contribution in [0.15, 0.2) is 60.7 Å². The molecule has 1 saturated carbocycles. The fraction of sp³-hybridized carbons (Fsp3) is 0.500. The van der Waals surface area contributed by atoms with Gasteiger partial charge >= 0.3 is 5.97 Å². The van der Waals surface area contributed by atoms with E-state index in [0.29, 0.717) is 0 Å². The third-order valence-corrected chi connectivity index (χ3v) is 11.2. The first kappa shape index (κ1) is 22.8. The Balaban J connectivity index is 1.98. The summed E-state index contributed by atoms with van der Waals surface area (Å²) in [6, 6.07) is 21.4. The monoisotopic (exact) mass is 424 g/mol. The first-order valence-corrected chi connectivity index (χ1v) is 13.1. The Morgan fingerprint density at radius 2 is 1.47 bits per heavy atom. The lowest BCUT2D eigenvalue weighted by atomic mass is 9.87. The highest BCUT2D eigenvalue weighted by molar-refractivity contribution is 6.99. The summed E-state index contributed by atoms with van der Waals surface area (Å²) in [5, 5.41) is 2.52. The van der Waals surface area contributed by atoms with Crippen molar-refractivity contribution in [2.24, 2.45) is 5.92 Å². The van der Waals surface area contributed by atoms with Crippen molar-refractivity contribution in [3.63, 3.8) is 0 Å². The molecule has 2 atom stereocenters. The second-order valence-electron chi connectivity index (χ2n) is 9.75. The van der Waals surface area contributed by atoms with Gasteiger partial charge in [0, 0.05) is 6.10 Å². The van der Waals surface area contributed by atoms with Crippen LogP contribution in [-0.2, 0) is 14.0 Å². The summed E-state index contributed by atoms with van der Waals surface area (Å²) in [5.74, 6) is -0.134. The molecule has 0 aliphatic heterocycles. The number of carbonyl (C=O) groups excluding carboxylic acids is 1. The van der Waals surface area contributed by atoms with Gasteiger partial charge in [0.25, 0.3) is 8.32 Å². The first-order valence-electron chi connectivity index (χ1n) is 11.2. The molecular formula is C26H36O3Si. The number of hydrogen-bond donors (Lipinski definition) is 0. The van der Waals surface area contributed by atoms with E-state index < -0.39 is 8.32 Å². The molecule has 1 fully saturated rings. The number of ether oxygens (including phenoxy) is 1. The van der Waals surface area contributed by atoms with Gasteiger partial charge in [-0.25, -0.2) is 0 Å². The minimum atomic E-state index is -2.59. The second kappa shape index (κ2) is 9.48. The molecule has 1 aliphatic carbocycles. The Morgan fingerprint density at radius 3 is 1.93 bits per heavy atom. The highest BCUT2D eigenvalue weighted by Crippen LogP contribution is 2.40. The van der Waals surface area contributed by atoms with E-state index in [1.807, 2.05) is 13.8 Å². The summed E-state index contributed by atoms with van der Waals surface area (Å²) in [6.07, 6.45) is 3.63. The largest absolute Gasteiger partial charge is 0.463 e. The minimum absolute atomic E-state index is 0.0545. The van der Waals surface area contributed by atoms with Crippen molar-refractivity contribution < 1.29 is 14.0 Å². The third kappa shape index (κ3) is 4.87. The van der Waals surface area contributed by atoms with Crippen molar-refractivity contribution in [3.05, 3.63) is 60.7 Å². The zero-order valence-electron chi connectivity index (χ0n) is 19.1. The van der Waals surface area contributed by atoms with Crippen molar-refractivity contribution in [2.75, 3.05) is 0 Å². The van der Waals surface area contributed by atoms with E-state index in [1.54, 1.807) is 0 Å². The lowest BCUT2D eigenvalue weighted by Crippen LogP contribution is -2.68. The van der Waals surface area contributed by atoms with Crippen LogP contribution in [0.25, 0.3) is 0 Å². The minimum Gasteiger partial charge on any atom is -0.463 e. The van der Waals surface area contributed by atoms with E-state index in [1.165, 1.54) is 10.4 Å². The van der Waals surface area contributed by atoms with Crippen LogP contribution in [0.2, 0.25) is 5.04 Å². The maximum atomic E-state index is 12.6. The molecule has 0 aromatic heterocycles. The Labute approximate surface area is 182 Å². The van der Waals surface area contributed by atoms with Gasteiger partial charge in [-0.1, -0.05) is 87.9 Å². The van der Waals surface area contributed by atoms with Crippen LogP contribution in [0.5, 0.6) is 0 Å². The van der Waals surface area contributed by atoms with Gasteiger partial charge < -0.3 is 9.16 Å². The van der Waals surface area contributed by atoms with Crippen molar-refractivity contribution in [2.45, 2.75) is 77.5 Å². The van der Waals surface area contributed by atoms with E-state index in [9.17, 15) is 4.79 Å². The van der Waals surface area contributed by atoms with Gasteiger partial charge in [-0.3, -0.25) is 4.79 Å². The van der Waals surface area contributed by atoms with Gasteiger partial charge in [0.15, 0.2) is 0 Å². The summed E-state index contributed by atoms with van der Waals surface area (Å²) in [5.41, 5.74) is 0. The molecule has 3 rings (SSSR count). The summed E-state index contributed by atoms with van der Waals surface area (Å²) >= 11 is 0. The average molecular weight is 425 g/mol. The molecule has 162 valence electrons. The van der Waals surface area contributed by atoms with Crippen LogP contribution < -0.4 is 10.4 Å². The highest BCUT2D eigenvalue weighted by Gasteiger charge is 2.51. The van der Waals surface area contributed by atoms with Gasteiger partial charge in [0.05, 0.1) is 12.0 Å². The molecule has 0 spiro atoms. The summed E-state index contributed by atoms with van der Waals surface area (Å²) in [6.45, 7) is 10.7. The van der Waals surface area contributed by atoms with Crippen molar-refractivity contribution in [3.8, 4) is 0 Å². The molecule has 2 aromatic rings. The predicted molar refractivity (Wildman–Crippen MR) is 126 cm³/mol. The number of rotatable bonds is 6. The van der Waals surface area contributed by atoms with Crippen LogP contribution in [0.4, 0.5) is 0 Å². The van der Waals surface area contributed by atoms with Gasteiger partial charge in [-0.15, -0.1) is 0 Å². The van der Waals surface area contributed by atoms with Gasteiger partial charge in [-0.2, -0.15) is 0 Å². The number of hydrogen-bond acceptors (Lipinski definition) is 3. The standard InChI is InChI=1S/C26H36O3Si/c1-20(2)28-25(27)21-13-12-14-22(19-21)29-30(26(3,4)5,23-15-8-6-9-16-23)24-17-10-7-11-18-24/h6-11,15-18,20-22H,12-14,19H2,1-5H3/t21-,22+/m0/s1. The molecule has 0 N–H and O–H groups in total. The zero-order chi connectivity index (χ0) is 21.8. The van der Waals surface area contributed by atoms with Gasteiger partial charge in [0.1, 0.15) is 0 Å². The number of esters is 1. The molecule has 0 saturated heterocycles. The maximum Gasteiger partial charge on any atom is 0.309 e. The Kier molecular flexibility index (Phi) is 7.20. The molecule has 4 heteroatoms.